The zero-order chi connectivity index (χ0) is 20.1. The lowest BCUT2D eigenvalue weighted by Gasteiger charge is -2.34. The second-order valence-electron chi connectivity index (χ2n) is 7.96. The van der Waals surface area contributed by atoms with Crippen molar-refractivity contribution < 1.29 is 9.18 Å². The molecule has 4 nitrogen and oxygen atoms in total. The highest BCUT2D eigenvalue weighted by Gasteiger charge is 2.31. The van der Waals surface area contributed by atoms with Gasteiger partial charge in [0.05, 0.1) is 5.69 Å². The number of nitrogens with zero attached hydrogens (tertiary/aromatic N) is 3. The SMILES string of the molecule is CCc1ccc(CN2CCC(=O)N(Cc3ccc(F)cc3)C(C(C)C)C2)nc1. The fourth-order valence-electron chi connectivity index (χ4n) is 3.73. The molecule has 0 bridgehead atoms. The van der Waals surface area contributed by atoms with Crippen LogP contribution in [0, 0.1) is 11.7 Å². The van der Waals surface area contributed by atoms with Crippen molar-refractivity contribution in [2.45, 2.75) is 52.7 Å². The Labute approximate surface area is 167 Å². The van der Waals surface area contributed by atoms with Crippen molar-refractivity contribution in [3.63, 3.8) is 0 Å². The molecule has 3 rings (SSSR count). The van der Waals surface area contributed by atoms with Gasteiger partial charge in [0.15, 0.2) is 0 Å². The maximum atomic E-state index is 13.2. The number of halogens is 1. The van der Waals surface area contributed by atoms with Crippen molar-refractivity contribution >= 4 is 5.91 Å². The summed E-state index contributed by atoms with van der Waals surface area (Å²) in [5.41, 5.74) is 3.24. The van der Waals surface area contributed by atoms with Crippen LogP contribution < -0.4 is 0 Å². The van der Waals surface area contributed by atoms with Crippen LogP contribution in [0.4, 0.5) is 4.39 Å². The second kappa shape index (κ2) is 9.28. The third-order valence-electron chi connectivity index (χ3n) is 5.52. The topological polar surface area (TPSA) is 36.4 Å². The van der Waals surface area contributed by atoms with Crippen molar-refractivity contribution in [2.75, 3.05) is 13.1 Å². The van der Waals surface area contributed by atoms with Crippen LogP contribution in [0.3, 0.4) is 0 Å². The van der Waals surface area contributed by atoms with Gasteiger partial charge < -0.3 is 4.90 Å². The number of aryl methyl sites for hydroxylation is 1. The molecule has 0 spiro atoms. The zero-order valence-corrected chi connectivity index (χ0v) is 17.1. The number of pyridine rings is 1. The quantitative estimate of drug-likeness (QED) is 0.755. The molecule has 150 valence electrons. The molecule has 2 aromatic rings. The first kappa shape index (κ1) is 20.5. The lowest BCUT2D eigenvalue weighted by atomic mass is 10.0. The van der Waals surface area contributed by atoms with Crippen LogP contribution in [-0.4, -0.2) is 39.8 Å². The molecule has 1 saturated heterocycles. The first-order chi connectivity index (χ1) is 13.5. The van der Waals surface area contributed by atoms with Gasteiger partial charge in [0.25, 0.3) is 0 Å². The van der Waals surface area contributed by atoms with Crippen LogP contribution in [0.15, 0.2) is 42.6 Å². The maximum Gasteiger partial charge on any atom is 0.224 e. The predicted molar refractivity (Wildman–Crippen MR) is 109 cm³/mol. The highest BCUT2D eigenvalue weighted by Crippen LogP contribution is 2.22. The van der Waals surface area contributed by atoms with Gasteiger partial charge in [-0.3, -0.25) is 14.7 Å². The lowest BCUT2D eigenvalue weighted by molar-refractivity contribution is -0.134. The van der Waals surface area contributed by atoms with Crippen molar-refractivity contribution in [1.82, 2.24) is 14.8 Å². The molecule has 28 heavy (non-hydrogen) atoms. The Morgan fingerprint density at radius 3 is 2.43 bits per heavy atom. The van der Waals surface area contributed by atoms with Crippen molar-refractivity contribution in [3.8, 4) is 0 Å². The van der Waals surface area contributed by atoms with Crippen LogP contribution in [0.25, 0.3) is 0 Å². The Morgan fingerprint density at radius 1 is 1.11 bits per heavy atom. The molecule has 2 heterocycles. The van der Waals surface area contributed by atoms with E-state index in [4.69, 9.17) is 0 Å². The van der Waals surface area contributed by atoms with Crippen LogP contribution in [0.2, 0.25) is 0 Å². The molecule has 1 aromatic carbocycles. The van der Waals surface area contributed by atoms with Gasteiger partial charge in [-0.05, 0) is 41.7 Å². The number of hydrogen-bond acceptors (Lipinski definition) is 3. The molecule has 0 aliphatic carbocycles. The molecule has 0 N–H and O–H groups in total. The summed E-state index contributed by atoms with van der Waals surface area (Å²) in [6.07, 6.45) is 3.43. The summed E-state index contributed by atoms with van der Waals surface area (Å²) in [6.45, 7) is 9.28. The van der Waals surface area contributed by atoms with E-state index in [1.54, 1.807) is 12.1 Å². The van der Waals surface area contributed by atoms with E-state index in [9.17, 15) is 9.18 Å². The summed E-state index contributed by atoms with van der Waals surface area (Å²) in [7, 11) is 0. The molecule has 5 heteroatoms. The summed E-state index contributed by atoms with van der Waals surface area (Å²) in [5.74, 6) is 0.249. The fraction of sp³-hybridized carbons (Fsp3) is 0.478. The summed E-state index contributed by atoms with van der Waals surface area (Å²) in [6, 6.07) is 10.8. The van der Waals surface area contributed by atoms with Gasteiger partial charge >= 0.3 is 0 Å². The van der Waals surface area contributed by atoms with Gasteiger partial charge in [-0.15, -0.1) is 0 Å². The number of rotatable bonds is 6. The monoisotopic (exact) mass is 383 g/mol. The Balaban J connectivity index is 1.74. The van der Waals surface area contributed by atoms with Gasteiger partial charge in [0, 0.05) is 44.8 Å². The third-order valence-corrected chi connectivity index (χ3v) is 5.52. The highest BCUT2D eigenvalue weighted by molar-refractivity contribution is 5.77. The minimum absolute atomic E-state index is 0.120. The van der Waals surface area contributed by atoms with E-state index >= 15 is 0 Å². The van der Waals surface area contributed by atoms with Gasteiger partial charge in [-0.1, -0.05) is 39.0 Å². The van der Waals surface area contributed by atoms with Gasteiger partial charge in [-0.2, -0.15) is 0 Å². The van der Waals surface area contributed by atoms with Gasteiger partial charge in [0.1, 0.15) is 5.82 Å². The summed E-state index contributed by atoms with van der Waals surface area (Å²) >= 11 is 0. The summed E-state index contributed by atoms with van der Waals surface area (Å²) < 4.78 is 13.2. The summed E-state index contributed by atoms with van der Waals surface area (Å²) in [4.78, 5) is 21.8. The van der Waals surface area contributed by atoms with Crippen LogP contribution in [-0.2, 0) is 24.3 Å². The number of amides is 1. The smallest absolute Gasteiger partial charge is 0.224 e. The van der Waals surface area contributed by atoms with Crippen LogP contribution in [0.1, 0.15) is 44.0 Å². The van der Waals surface area contributed by atoms with Crippen LogP contribution in [0.5, 0.6) is 0 Å². The average molecular weight is 384 g/mol. The van der Waals surface area contributed by atoms with E-state index in [0.29, 0.717) is 18.9 Å². The van der Waals surface area contributed by atoms with E-state index in [1.165, 1.54) is 17.7 Å². The summed E-state index contributed by atoms with van der Waals surface area (Å²) in [5, 5.41) is 0. The minimum atomic E-state index is -0.251. The minimum Gasteiger partial charge on any atom is -0.334 e. The zero-order valence-electron chi connectivity index (χ0n) is 17.1. The Bertz CT molecular complexity index is 773. The molecule has 1 aliphatic heterocycles. The van der Waals surface area contributed by atoms with Crippen molar-refractivity contribution in [1.29, 1.82) is 0 Å². The third kappa shape index (κ3) is 5.16. The van der Waals surface area contributed by atoms with Crippen molar-refractivity contribution in [3.05, 3.63) is 65.2 Å². The molecule has 1 aromatic heterocycles. The van der Waals surface area contributed by atoms with Gasteiger partial charge in [0.2, 0.25) is 5.91 Å². The van der Waals surface area contributed by atoms with Crippen LogP contribution >= 0.6 is 0 Å². The van der Waals surface area contributed by atoms with E-state index in [-0.39, 0.29) is 17.8 Å². The number of hydrogen-bond donors (Lipinski definition) is 0. The average Bonchev–Trinajstić information content (AvgIpc) is 2.84. The molecular weight excluding hydrogens is 353 g/mol. The predicted octanol–water partition coefficient (Wildman–Crippen LogP) is 4.04. The number of benzene rings is 1. The lowest BCUT2D eigenvalue weighted by Crippen LogP contribution is -2.45. The molecular formula is C23H30FN3O. The normalized spacial score (nSPS) is 18.5. The van der Waals surface area contributed by atoms with Gasteiger partial charge in [-0.25, -0.2) is 4.39 Å². The molecule has 0 radical (unpaired) electrons. The second-order valence-corrected chi connectivity index (χ2v) is 7.96. The van der Waals surface area contributed by atoms with E-state index in [2.05, 4.69) is 42.8 Å². The largest absolute Gasteiger partial charge is 0.334 e. The number of carbonyl (C=O) groups is 1. The maximum absolute atomic E-state index is 13.2. The Hall–Kier alpha value is -2.27. The van der Waals surface area contributed by atoms with E-state index in [1.807, 2.05) is 11.1 Å². The molecule has 1 aliphatic rings. The fourth-order valence-corrected chi connectivity index (χ4v) is 3.73. The number of aromatic nitrogens is 1. The molecule has 0 saturated carbocycles. The number of carbonyl (C=O) groups excluding carboxylic acids is 1. The Morgan fingerprint density at radius 2 is 1.82 bits per heavy atom. The van der Waals surface area contributed by atoms with E-state index in [0.717, 1.165) is 37.3 Å². The molecule has 1 unspecified atom stereocenters. The molecule has 1 fully saturated rings. The first-order valence-corrected chi connectivity index (χ1v) is 10.2. The Kier molecular flexibility index (Phi) is 6.79. The van der Waals surface area contributed by atoms with Crippen molar-refractivity contribution in [2.24, 2.45) is 5.92 Å². The first-order valence-electron chi connectivity index (χ1n) is 10.2. The van der Waals surface area contributed by atoms with E-state index < -0.39 is 0 Å². The highest BCUT2D eigenvalue weighted by atomic mass is 19.1. The molecule has 1 atom stereocenters. The molecule has 1 amide bonds. The standard InChI is InChI=1S/C23H30FN3O/c1-4-18-7-10-21(25-13-18)15-26-12-11-23(28)27(22(16-26)17(2)3)14-19-5-8-20(24)9-6-19/h5-10,13,17,22H,4,11-12,14-16H2,1-3H3.